The van der Waals surface area contributed by atoms with E-state index in [1.165, 1.54) is 13.0 Å². The minimum atomic E-state index is -0.942. The van der Waals surface area contributed by atoms with Crippen molar-refractivity contribution in [3.63, 3.8) is 0 Å². The van der Waals surface area contributed by atoms with Gasteiger partial charge in [-0.15, -0.1) is 0 Å². The molecule has 0 atom stereocenters. The average molecular weight is 396 g/mol. The second kappa shape index (κ2) is 8.31. The number of nitrogens with two attached hydrogens (primary N) is 1. The molecule has 0 aliphatic heterocycles. The van der Waals surface area contributed by atoms with Crippen LogP contribution < -0.4 is 5.73 Å². The number of oxime groups is 1. The molecule has 0 spiro atoms. The van der Waals surface area contributed by atoms with Gasteiger partial charge in [0.25, 0.3) is 0 Å². The Morgan fingerprint density at radius 2 is 1.72 bits per heavy atom. The van der Waals surface area contributed by atoms with E-state index >= 15 is 0 Å². The van der Waals surface area contributed by atoms with Crippen molar-refractivity contribution in [1.82, 2.24) is 0 Å². The second-order valence-electron chi connectivity index (χ2n) is 6.88. The monoisotopic (exact) mass is 396 g/mol. The summed E-state index contributed by atoms with van der Waals surface area (Å²) in [6.07, 6.45) is 1.64. The van der Waals surface area contributed by atoms with E-state index in [0.717, 1.165) is 30.0 Å². The summed E-state index contributed by atoms with van der Waals surface area (Å²) in [5.74, 6) is -1.89. The zero-order valence-electron chi connectivity index (χ0n) is 16.2. The SMILES string of the molecule is CCCc1cc(C(N)=NO)c(-c2ccc(F)c(F)c2C)c(-c2ccc(O)cc2)c1. The van der Waals surface area contributed by atoms with Crippen molar-refractivity contribution in [3.05, 3.63) is 76.9 Å². The Kier molecular flexibility index (Phi) is 5.82. The highest BCUT2D eigenvalue weighted by molar-refractivity contribution is 6.07. The third-order valence-electron chi connectivity index (χ3n) is 4.91. The topological polar surface area (TPSA) is 78.8 Å². The van der Waals surface area contributed by atoms with Crippen LogP contribution in [-0.2, 0) is 6.42 Å². The molecule has 0 aliphatic carbocycles. The molecule has 0 heterocycles. The maximum absolute atomic E-state index is 14.4. The molecule has 0 radical (unpaired) electrons. The largest absolute Gasteiger partial charge is 0.508 e. The molecule has 29 heavy (non-hydrogen) atoms. The number of aryl methyl sites for hydroxylation is 1. The highest BCUT2D eigenvalue weighted by atomic mass is 19.2. The molecule has 0 fully saturated rings. The quantitative estimate of drug-likeness (QED) is 0.235. The maximum Gasteiger partial charge on any atom is 0.170 e. The van der Waals surface area contributed by atoms with Crippen molar-refractivity contribution in [3.8, 4) is 28.0 Å². The van der Waals surface area contributed by atoms with Crippen molar-refractivity contribution < 1.29 is 19.1 Å². The molecule has 150 valence electrons. The molecule has 3 aromatic carbocycles. The minimum Gasteiger partial charge on any atom is -0.508 e. The number of nitrogens with zero attached hydrogens (tertiary/aromatic N) is 1. The van der Waals surface area contributed by atoms with Gasteiger partial charge in [0.1, 0.15) is 5.75 Å². The average Bonchev–Trinajstić information content (AvgIpc) is 2.72. The van der Waals surface area contributed by atoms with Crippen molar-refractivity contribution in [2.45, 2.75) is 26.7 Å². The van der Waals surface area contributed by atoms with Crippen molar-refractivity contribution >= 4 is 5.84 Å². The fourth-order valence-corrected chi connectivity index (χ4v) is 3.47. The van der Waals surface area contributed by atoms with E-state index in [2.05, 4.69) is 5.16 Å². The standard InChI is InChI=1S/C23H22F2N2O2/c1-3-4-14-11-18(15-5-7-16(28)8-6-15)21(19(12-14)23(26)27-29)17-9-10-20(24)22(25)13(17)2/h5-12,28-29H,3-4H2,1-2H3,(H2,26,27). The molecule has 6 heteroatoms. The summed E-state index contributed by atoms with van der Waals surface area (Å²) < 4.78 is 28.1. The summed E-state index contributed by atoms with van der Waals surface area (Å²) in [5, 5.41) is 22.2. The lowest BCUT2D eigenvalue weighted by atomic mass is 9.85. The zero-order valence-corrected chi connectivity index (χ0v) is 16.2. The summed E-state index contributed by atoms with van der Waals surface area (Å²) >= 11 is 0. The Labute approximate surface area is 167 Å². The molecule has 0 unspecified atom stereocenters. The van der Waals surface area contributed by atoms with Crippen molar-refractivity contribution in [2.24, 2.45) is 10.9 Å². The van der Waals surface area contributed by atoms with Crippen LogP contribution in [0.4, 0.5) is 8.78 Å². The van der Waals surface area contributed by atoms with Crippen LogP contribution in [-0.4, -0.2) is 16.1 Å². The van der Waals surface area contributed by atoms with Crippen molar-refractivity contribution in [2.75, 3.05) is 0 Å². The van der Waals surface area contributed by atoms with E-state index in [4.69, 9.17) is 5.73 Å². The van der Waals surface area contributed by atoms with Gasteiger partial charge in [-0.25, -0.2) is 8.78 Å². The number of rotatable bonds is 5. The summed E-state index contributed by atoms with van der Waals surface area (Å²) in [7, 11) is 0. The Bertz CT molecular complexity index is 1080. The van der Waals surface area contributed by atoms with Gasteiger partial charge in [-0.3, -0.25) is 0 Å². The van der Waals surface area contributed by atoms with Crippen LogP contribution in [0.5, 0.6) is 5.75 Å². The zero-order chi connectivity index (χ0) is 21.1. The van der Waals surface area contributed by atoms with E-state index in [1.807, 2.05) is 13.0 Å². The lowest BCUT2D eigenvalue weighted by Gasteiger charge is -2.19. The van der Waals surface area contributed by atoms with Crippen LogP contribution >= 0.6 is 0 Å². The number of hydrogen-bond acceptors (Lipinski definition) is 3. The number of amidine groups is 1. The predicted octanol–water partition coefficient (Wildman–Crippen LogP) is 5.36. The minimum absolute atomic E-state index is 0.112. The highest BCUT2D eigenvalue weighted by Crippen LogP contribution is 2.39. The summed E-state index contributed by atoms with van der Waals surface area (Å²) in [5.41, 5.74) is 9.93. The molecule has 0 saturated carbocycles. The second-order valence-corrected chi connectivity index (χ2v) is 6.88. The molecule has 0 saturated heterocycles. The Balaban J connectivity index is 2.43. The van der Waals surface area contributed by atoms with E-state index in [-0.39, 0.29) is 17.1 Å². The molecule has 3 rings (SSSR count). The van der Waals surface area contributed by atoms with Gasteiger partial charge in [-0.05, 0) is 65.4 Å². The summed E-state index contributed by atoms with van der Waals surface area (Å²) in [6.45, 7) is 3.53. The van der Waals surface area contributed by atoms with Gasteiger partial charge in [-0.1, -0.05) is 42.8 Å². The molecule has 0 bridgehead atoms. The molecule has 0 amide bonds. The van der Waals surface area contributed by atoms with Gasteiger partial charge >= 0.3 is 0 Å². The third-order valence-corrected chi connectivity index (χ3v) is 4.91. The number of phenols is 1. The summed E-state index contributed by atoms with van der Waals surface area (Å²) in [6, 6.07) is 12.9. The number of aromatic hydroxyl groups is 1. The Morgan fingerprint density at radius 3 is 2.34 bits per heavy atom. The van der Waals surface area contributed by atoms with E-state index in [9.17, 15) is 19.1 Å². The van der Waals surface area contributed by atoms with Crippen LogP contribution in [0.15, 0.2) is 53.7 Å². The molecular formula is C23H22F2N2O2. The first-order valence-electron chi connectivity index (χ1n) is 9.26. The van der Waals surface area contributed by atoms with Crippen LogP contribution in [0.2, 0.25) is 0 Å². The predicted molar refractivity (Wildman–Crippen MR) is 110 cm³/mol. The smallest absolute Gasteiger partial charge is 0.170 e. The Morgan fingerprint density at radius 1 is 1.03 bits per heavy atom. The third kappa shape index (κ3) is 3.92. The fourth-order valence-electron chi connectivity index (χ4n) is 3.47. The van der Waals surface area contributed by atoms with E-state index in [0.29, 0.717) is 22.3 Å². The molecule has 3 aromatic rings. The maximum atomic E-state index is 14.4. The molecular weight excluding hydrogens is 374 g/mol. The number of phenolic OH excluding ortho intramolecular Hbond substituents is 1. The van der Waals surface area contributed by atoms with Crippen LogP contribution in [0.3, 0.4) is 0 Å². The number of halogens is 2. The fraction of sp³-hybridized carbons (Fsp3) is 0.174. The normalized spacial score (nSPS) is 11.7. The van der Waals surface area contributed by atoms with Crippen LogP contribution in [0.1, 0.15) is 30.0 Å². The highest BCUT2D eigenvalue weighted by Gasteiger charge is 2.21. The van der Waals surface area contributed by atoms with Crippen LogP contribution in [0, 0.1) is 18.6 Å². The van der Waals surface area contributed by atoms with Crippen LogP contribution in [0.25, 0.3) is 22.3 Å². The van der Waals surface area contributed by atoms with E-state index < -0.39 is 11.6 Å². The first kappa shape index (κ1) is 20.3. The molecule has 4 N–H and O–H groups in total. The van der Waals surface area contributed by atoms with Gasteiger partial charge < -0.3 is 16.0 Å². The Hall–Kier alpha value is -3.41. The van der Waals surface area contributed by atoms with Gasteiger partial charge in [-0.2, -0.15) is 0 Å². The van der Waals surface area contributed by atoms with Gasteiger partial charge in [0, 0.05) is 11.1 Å². The lowest BCUT2D eigenvalue weighted by Crippen LogP contribution is -2.16. The van der Waals surface area contributed by atoms with Gasteiger partial charge in [0.15, 0.2) is 17.5 Å². The molecule has 4 nitrogen and oxygen atoms in total. The van der Waals surface area contributed by atoms with Gasteiger partial charge in [0.05, 0.1) is 0 Å². The number of hydrogen-bond donors (Lipinski definition) is 3. The first-order chi connectivity index (χ1) is 13.9. The number of benzene rings is 3. The van der Waals surface area contributed by atoms with Crippen molar-refractivity contribution in [1.29, 1.82) is 0 Å². The molecule has 0 aliphatic rings. The molecule has 0 aromatic heterocycles. The van der Waals surface area contributed by atoms with E-state index in [1.54, 1.807) is 30.3 Å². The summed E-state index contributed by atoms with van der Waals surface area (Å²) in [4.78, 5) is 0. The lowest BCUT2D eigenvalue weighted by molar-refractivity contribution is 0.318. The first-order valence-corrected chi connectivity index (χ1v) is 9.26. The van der Waals surface area contributed by atoms with Gasteiger partial charge in [0.2, 0.25) is 0 Å².